The van der Waals surface area contributed by atoms with Gasteiger partial charge in [-0.25, -0.2) is 13.1 Å². The number of carbonyl (C=O) groups is 1. The maximum atomic E-state index is 12.2. The first-order valence-electron chi connectivity index (χ1n) is 10.3. The SMILES string of the molecule is CC(C)=CCN1CCC(NC(=O)/C=C/c2ccc(S(=O)(=O)NC3CC3)cc2)CC1. The van der Waals surface area contributed by atoms with Crippen molar-refractivity contribution in [2.75, 3.05) is 19.6 Å². The van der Waals surface area contributed by atoms with E-state index in [4.69, 9.17) is 0 Å². The topological polar surface area (TPSA) is 78.5 Å². The molecule has 0 radical (unpaired) electrons. The van der Waals surface area contributed by atoms with Crippen LogP contribution < -0.4 is 10.0 Å². The first kappa shape index (κ1) is 21.7. The van der Waals surface area contributed by atoms with Crippen molar-refractivity contribution in [3.05, 3.63) is 47.6 Å². The smallest absolute Gasteiger partial charge is 0.244 e. The number of rotatable bonds is 8. The number of hydrogen-bond donors (Lipinski definition) is 2. The number of amides is 1. The van der Waals surface area contributed by atoms with E-state index in [1.165, 1.54) is 11.6 Å². The summed E-state index contributed by atoms with van der Waals surface area (Å²) in [7, 11) is -3.44. The molecule has 1 aromatic carbocycles. The third-order valence-corrected chi connectivity index (χ3v) is 6.74. The van der Waals surface area contributed by atoms with Crippen LogP contribution in [0.25, 0.3) is 6.08 Å². The summed E-state index contributed by atoms with van der Waals surface area (Å²) in [6.07, 6.45) is 9.19. The lowest BCUT2D eigenvalue weighted by atomic mass is 10.0. The highest BCUT2D eigenvalue weighted by Crippen LogP contribution is 2.22. The first-order chi connectivity index (χ1) is 13.8. The van der Waals surface area contributed by atoms with Crippen LogP contribution in [-0.4, -0.2) is 50.9 Å². The van der Waals surface area contributed by atoms with Crippen LogP contribution in [0.4, 0.5) is 0 Å². The molecule has 1 saturated heterocycles. The van der Waals surface area contributed by atoms with E-state index in [0.717, 1.165) is 50.9 Å². The monoisotopic (exact) mass is 417 g/mol. The fourth-order valence-electron chi connectivity index (χ4n) is 3.24. The van der Waals surface area contributed by atoms with E-state index in [1.807, 2.05) is 0 Å². The molecule has 6 nitrogen and oxygen atoms in total. The molecule has 0 spiro atoms. The quantitative estimate of drug-likeness (QED) is 0.504. The molecule has 1 saturated carbocycles. The minimum atomic E-state index is -3.44. The van der Waals surface area contributed by atoms with E-state index in [2.05, 4.69) is 34.9 Å². The molecule has 7 heteroatoms. The second-order valence-corrected chi connectivity index (χ2v) is 9.88. The number of hydrogen-bond acceptors (Lipinski definition) is 4. The number of sulfonamides is 1. The maximum absolute atomic E-state index is 12.2. The van der Waals surface area contributed by atoms with Gasteiger partial charge in [0, 0.05) is 37.8 Å². The Labute approximate surface area is 174 Å². The number of piperidine rings is 1. The first-order valence-corrected chi connectivity index (χ1v) is 11.8. The van der Waals surface area contributed by atoms with Crippen LogP contribution in [0, 0.1) is 0 Å². The van der Waals surface area contributed by atoms with Crippen LogP contribution in [0.3, 0.4) is 0 Å². The zero-order chi connectivity index (χ0) is 20.9. The van der Waals surface area contributed by atoms with Crippen molar-refractivity contribution in [2.45, 2.75) is 56.5 Å². The summed E-state index contributed by atoms with van der Waals surface area (Å²) < 4.78 is 27.0. The summed E-state index contributed by atoms with van der Waals surface area (Å²) in [6.45, 7) is 7.17. The summed E-state index contributed by atoms with van der Waals surface area (Å²) in [4.78, 5) is 14.9. The molecular formula is C22H31N3O3S. The van der Waals surface area contributed by atoms with Crippen molar-refractivity contribution in [2.24, 2.45) is 0 Å². The Balaban J connectivity index is 1.45. The molecule has 1 aliphatic carbocycles. The standard InChI is InChI=1S/C22H31N3O3S/c1-17(2)11-14-25-15-12-19(13-16-25)23-22(26)10-5-18-3-8-21(9-4-18)29(27,28)24-20-6-7-20/h3-5,8-11,19-20,24H,6-7,12-16H2,1-2H3,(H,23,26)/b10-5+. The molecule has 1 heterocycles. The van der Waals surface area contributed by atoms with Crippen LogP contribution in [0.1, 0.15) is 45.1 Å². The summed E-state index contributed by atoms with van der Waals surface area (Å²) in [5.74, 6) is -0.111. The summed E-state index contributed by atoms with van der Waals surface area (Å²) in [6, 6.07) is 6.87. The largest absolute Gasteiger partial charge is 0.350 e. The number of likely N-dealkylation sites (tertiary alicyclic amines) is 1. The Morgan fingerprint density at radius 2 is 1.72 bits per heavy atom. The van der Waals surface area contributed by atoms with E-state index in [-0.39, 0.29) is 22.9 Å². The summed E-state index contributed by atoms with van der Waals surface area (Å²) in [5, 5.41) is 3.06. The highest BCUT2D eigenvalue weighted by Gasteiger charge is 2.27. The van der Waals surface area contributed by atoms with Crippen molar-refractivity contribution < 1.29 is 13.2 Å². The van der Waals surface area contributed by atoms with E-state index < -0.39 is 10.0 Å². The predicted octanol–water partition coefficient (Wildman–Crippen LogP) is 2.69. The minimum absolute atomic E-state index is 0.0855. The predicted molar refractivity (Wildman–Crippen MR) is 116 cm³/mol. The summed E-state index contributed by atoms with van der Waals surface area (Å²) in [5.41, 5.74) is 2.12. The van der Waals surface area contributed by atoms with E-state index in [9.17, 15) is 13.2 Å². The van der Waals surface area contributed by atoms with Crippen molar-refractivity contribution in [1.82, 2.24) is 14.9 Å². The Bertz CT molecular complexity index is 859. The van der Waals surface area contributed by atoms with Crippen molar-refractivity contribution >= 4 is 22.0 Å². The number of nitrogens with one attached hydrogen (secondary N) is 2. The van der Waals surface area contributed by atoms with Gasteiger partial charge in [-0.2, -0.15) is 0 Å². The number of allylic oxidation sites excluding steroid dienone is 1. The number of carbonyl (C=O) groups excluding carboxylic acids is 1. The highest BCUT2D eigenvalue weighted by atomic mass is 32.2. The average molecular weight is 418 g/mol. The normalized spacial score (nSPS) is 18.7. The van der Waals surface area contributed by atoms with E-state index >= 15 is 0 Å². The summed E-state index contributed by atoms with van der Waals surface area (Å²) >= 11 is 0. The Hall–Kier alpha value is -1.96. The fourth-order valence-corrected chi connectivity index (χ4v) is 4.54. The third-order valence-electron chi connectivity index (χ3n) is 5.21. The van der Waals surface area contributed by atoms with Gasteiger partial charge in [-0.05, 0) is 63.3 Å². The van der Waals surface area contributed by atoms with Gasteiger partial charge >= 0.3 is 0 Å². The molecule has 2 aliphatic rings. The van der Waals surface area contributed by atoms with Gasteiger partial charge in [-0.3, -0.25) is 9.69 Å². The highest BCUT2D eigenvalue weighted by molar-refractivity contribution is 7.89. The van der Waals surface area contributed by atoms with Crippen molar-refractivity contribution in [3.8, 4) is 0 Å². The van der Waals surface area contributed by atoms with Crippen LogP contribution in [0.2, 0.25) is 0 Å². The van der Waals surface area contributed by atoms with Gasteiger partial charge in [-0.15, -0.1) is 0 Å². The van der Waals surface area contributed by atoms with Gasteiger partial charge in [-0.1, -0.05) is 23.8 Å². The lowest BCUT2D eigenvalue weighted by Gasteiger charge is -2.31. The molecule has 2 N–H and O–H groups in total. The second-order valence-electron chi connectivity index (χ2n) is 8.16. The van der Waals surface area contributed by atoms with Crippen molar-refractivity contribution in [3.63, 3.8) is 0 Å². The van der Waals surface area contributed by atoms with Gasteiger partial charge < -0.3 is 5.32 Å². The Morgan fingerprint density at radius 1 is 1.07 bits per heavy atom. The minimum Gasteiger partial charge on any atom is -0.350 e. The zero-order valence-corrected chi connectivity index (χ0v) is 18.0. The molecule has 1 aliphatic heterocycles. The van der Waals surface area contributed by atoms with Crippen LogP contribution in [0.15, 0.2) is 46.9 Å². The van der Waals surface area contributed by atoms with Crippen LogP contribution in [0.5, 0.6) is 0 Å². The molecular weight excluding hydrogens is 386 g/mol. The molecule has 2 fully saturated rings. The molecule has 158 valence electrons. The molecule has 3 rings (SSSR count). The van der Waals surface area contributed by atoms with Gasteiger partial charge in [0.2, 0.25) is 15.9 Å². The van der Waals surface area contributed by atoms with E-state index in [1.54, 1.807) is 30.3 Å². The average Bonchev–Trinajstić information content (AvgIpc) is 3.49. The molecule has 29 heavy (non-hydrogen) atoms. The maximum Gasteiger partial charge on any atom is 0.244 e. The third kappa shape index (κ3) is 7.10. The zero-order valence-electron chi connectivity index (χ0n) is 17.2. The molecule has 1 aromatic rings. The molecule has 0 aromatic heterocycles. The lowest BCUT2D eigenvalue weighted by Crippen LogP contribution is -2.44. The van der Waals surface area contributed by atoms with Crippen LogP contribution in [-0.2, 0) is 14.8 Å². The number of benzene rings is 1. The lowest BCUT2D eigenvalue weighted by molar-refractivity contribution is -0.117. The molecule has 1 amide bonds. The Kier molecular flexibility index (Phi) is 7.27. The van der Waals surface area contributed by atoms with Gasteiger partial charge in [0.15, 0.2) is 0 Å². The van der Waals surface area contributed by atoms with Crippen LogP contribution >= 0.6 is 0 Å². The molecule has 0 atom stereocenters. The Morgan fingerprint density at radius 3 is 2.31 bits per heavy atom. The van der Waals surface area contributed by atoms with Gasteiger partial charge in [0.1, 0.15) is 0 Å². The number of nitrogens with zero attached hydrogens (tertiary/aromatic N) is 1. The van der Waals surface area contributed by atoms with Gasteiger partial charge in [0.25, 0.3) is 0 Å². The van der Waals surface area contributed by atoms with Gasteiger partial charge in [0.05, 0.1) is 4.90 Å². The van der Waals surface area contributed by atoms with Crippen molar-refractivity contribution in [1.29, 1.82) is 0 Å². The second kappa shape index (κ2) is 9.69. The molecule has 0 bridgehead atoms. The molecule has 0 unspecified atom stereocenters. The van der Waals surface area contributed by atoms with E-state index in [0.29, 0.717) is 0 Å². The fraction of sp³-hybridized carbons (Fsp3) is 0.500.